The Morgan fingerprint density at radius 1 is 0.914 bits per heavy atom. The van der Waals surface area contributed by atoms with E-state index in [-0.39, 0.29) is 24.3 Å². The van der Waals surface area contributed by atoms with Crippen molar-refractivity contribution in [3.63, 3.8) is 0 Å². The Hall–Kier alpha value is -3.49. The molecule has 1 aromatic heterocycles. The van der Waals surface area contributed by atoms with Crippen LogP contribution < -0.4 is 5.32 Å². The maximum Gasteiger partial charge on any atom is 0.263 e. The van der Waals surface area contributed by atoms with E-state index in [2.05, 4.69) is 5.32 Å². The summed E-state index contributed by atoms with van der Waals surface area (Å²) < 4.78 is 6.25. The molecule has 180 valence electrons. The largest absolute Gasteiger partial charge is 0.353 e. The fraction of sp³-hybridized carbons (Fsp3) is 0.296. The van der Waals surface area contributed by atoms with Crippen LogP contribution >= 0.6 is 11.3 Å². The van der Waals surface area contributed by atoms with E-state index in [1.807, 2.05) is 66.0 Å². The van der Waals surface area contributed by atoms with Gasteiger partial charge in [0.25, 0.3) is 11.8 Å². The Bertz CT molecular complexity index is 1180. The van der Waals surface area contributed by atoms with E-state index in [1.165, 1.54) is 11.3 Å². The highest BCUT2D eigenvalue weighted by atomic mass is 32.1. The van der Waals surface area contributed by atoms with Crippen molar-refractivity contribution in [2.24, 2.45) is 0 Å². The average Bonchev–Trinajstić information content (AvgIpc) is 3.57. The van der Waals surface area contributed by atoms with Crippen LogP contribution in [0.4, 0.5) is 0 Å². The number of likely N-dealkylation sites (tertiary alicyclic amines) is 1. The molecule has 1 atom stereocenters. The molecule has 0 aliphatic carbocycles. The molecular weight excluding hydrogens is 462 g/mol. The van der Waals surface area contributed by atoms with Crippen molar-refractivity contribution in [1.29, 1.82) is 0 Å². The Morgan fingerprint density at radius 2 is 1.60 bits per heavy atom. The molecule has 1 spiro atoms. The Labute approximate surface area is 208 Å². The van der Waals surface area contributed by atoms with E-state index in [0.29, 0.717) is 42.9 Å². The van der Waals surface area contributed by atoms with E-state index in [4.69, 9.17) is 4.74 Å². The second-order valence-electron chi connectivity index (χ2n) is 8.79. The third-order valence-electron chi connectivity index (χ3n) is 6.68. The van der Waals surface area contributed by atoms with Crippen LogP contribution in [-0.2, 0) is 16.1 Å². The van der Waals surface area contributed by atoms with Gasteiger partial charge in [-0.25, -0.2) is 0 Å². The number of rotatable bonds is 5. The number of carbonyl (C=O) groups is 3. The lowest BCUT2D eigenvalue weighted by Crippen LogP contribution is -2.59. The number of hydrogen-bond donors (Lipinski definition) is 1. The number of thiophene rings is 1. The SMILES string of the molecule is O=C(NCc1ccccc1)C1COC2(CCN(C(=O)c3cccs3)CC2)N1C(=O)c1ccccc1. The van der Waals surface area contributed by atoms with Crippen LogP contribution in [0.15, 0.2) is 78.2 Å². The van der Waals surface area contributed by atoms with Crippen LogP contribution in [0.1, 0.15) is 38.4 Å². The first-order valence-electron chi connectivity index (χ1n) is 11.7. The number of hydrogen-bond acceptors (Lipinski definition) is 5. The molecule has 2 saturated heterocycles. The van der Waals surface area contributed by atoms with Crippen LogP contribution in [-0.4, -0.2) is 59.0 Å². The molecule has 2 aromatic carbocycles. The van der Waals surface area contributed by atoms with Crippen LogP contribution in [0.3, 0.4) is 0 Å². The second-order valence-corrected chi connectivity index (χ2v) is 9.73. The zero-order valence-electron chi connectivity index (χ0n) is 19.3. The maximum absolute atomic E-state index is 13.7. The smallest absolute Gasteiger partial charge is 0.263 e. The molecule has 8 heteroatoms. The molecule has 3 heterocycles. The van der Waals surface area contributed by atoms with Gasteiger partial charge in [0.15, 0.2) is 0 Å². The van der Waals surface area contributed by atoms with E-state index in [1.54, 1.807) is 21.9 Å². The highest BCUT2D eigenvalue weighted by molar-refractivity contribution is 7.12. The topological polar surface area (TPSA) is 79.0 Å². The molecule has 0 saturated carbocycles. The molecule has 3 amide bonds. The molecule has 7 nitrogen and oxygen atoms in total. The van der Waals surface area contributed by atoms with Gasteiger partial charge in [0.1, 0.15) is 11.8 Å². The summed E-state index contributed by atoms with van der Waals surface area (Å²) in [6.45, 7) is 1.40. The minimum atomic E-state index is -0.923. The maximum atomic E-state index is 13.7. The van der Waals surface area contributed by atoms with E-state index in [0.717, 1.165) is 5.56 Å². The molecule has 3 aromatic rings. The summed E-state index contributed by atoms with van der Waals surface area (Å²) in [5.41, 5.74) is 0.569. The third kappa shape index (κ3) is 4.72. The second kappa shape index (κ2) is 10.0. The van der Waals surface area contributed by atoms with Gasteiger partial charge in [0, 0.05) is 38.0 Å². The van der Waals surface area contributed by atoms with E-state index in [9.17, 15) is 14.4 Å². The lowest BCUT2D eigenvalue weighted by Gasteiger charge is -2.44. The van der Waals surface area contributed by atoms with Gasteiger partial charge < -0.3 is 15.0 Å². The number of nitrogens with zero attached hydrogens (tertiary/aromatic N) is 2. The van der Waals surface area contributed by atoms with Crippen molar-refractivity contribution in [3.05, 3.63) is 94.2 Å². The number of carbonyl (C=O) groups excluding carboxylic acids is 3. The van der Waals surface area contributed by atoms with Crippen molar-refractivity contribution < 1.29 is 19.1 Å². The zero-order valence-corrected chi connectivity index (χ0v) is 20.1. The van der Waals surface area contributed by atoms with Crippen molar-refractivity contribution >= 4 is 29.1 Å². The summed E-state index contributed by atoms with van der Waals surface area (Å²) in [6, 6.07) is 21.6. The first kappa shape index (κ1) is 23.3. The minimum Gasteiger partial charge on any atom is -0.353 e. The molecule has 0 bridgehead atoms. The number of ether oxygens (including phenoxy) is 1. The van der Waals surface area contributed by atoms with Gasteiger partial charge in [-0.15, -0.1) is 11.3 Å². The summed E-state index contributed by atoms with van der Waals surface area (Å²) in [5, 5.41) is 4.86. The van der Waals surface area contributed by atoms with Crippen LogP contribution in [0.5, 0.6) is 0 Å². The summed E-state index contributed by atoms with van der Waals surface area (Å²) in [4.78, 5) is 43.9. The van der Waals surface area contributed by atoms with Crippen LogP contribution in [0.2, 0.25) is 0 Å². The summed E-state index contributed by atoms with van der Waals surface area (Å²) in [5.74, 6) is -0.487. The van der Waals surface area contributed by atoms with Crippen molar-refractivity contribution in [2.45, 2.75) is 31.2 Å². The molecule has 2 aliphatic rings. The first-order chi connectivity index (χ1) is 17.1. The molecular formula is C27H27N3O4S. The van der Waals surface area contributed by atoms with Gasteiger partial charge in [-0.3, -0.25) is 19.3 Å². The number of amides is 3. The van der Waals surface area contributed by atoms with E-state index >= 15 is 0 Å². The quantitative estimate of drug-likeness (QED) is 0.595. The Morgan fingerprint density at radius 3 is 2.26 bits per heavy atom. The number of nitrogens with one attached hydrogen (secondary N) is 1. The zero-order chi connectivity index (χ0) is 24.3. The summed E-state index contributed by atoms with van der Waals surface area (Å²) >= 11 is 1.42. The Kier molecular flexibility index (Phi) is 6.66. The first-order valence-corrected chi connectivity index (χ1v) is 12.6. The predicted octanol–water partition coefficient (Wildman–Crippen LogP) is 3.54. The van der Waals surface area contributed by atoms with Crippen LogP contribution in [0.25, 0.3) is 0 Å². The highest BCUT2D eigenvalue weighted by Gasteiger charge is 2.54. The van der Waals surface area contributed by atoms with Crippen molar-refractivity contribution in [1.82, 2.24) is 15.1 Å². The Balaban J connectivity index is 1.35. The predicted molar refractivity (Wildman–Crippen MR) is 133 cm³/mol. The lowest BCUT2D eigenvalue weighted by molar-refractivity contribution is -0.128. The van der Waals surface area contributed by atoms with Crippen molar-refractivity contribution in [3.8, 4) is 0 Å². The van der Waals surface area contributed by atoms with Gasteiger partial charge in [-0.1, -0.05) is 54.6 Å². The molecule has 35 heavy (non-hydrogen) atoms. The number of benzene rings is 2. The van der Waals surface area contributed by atoms with Gasteiger partial charge in [-0.05, 0) is 29.1 Å². The van der Waals surface area contributed by atoms with Gasteiger partial charge in [0.2, 0.25) is 5.91 Å². The molecule has 1 N–H and O–H groups in total. The monoisotopic (exact) mass is 489 g/mol. The normalized spacial score (nSPS) is 19.0. The molecule has 2 fully saturated rings. The van der Waals surface area contributed by atoms with Gasteiger partial charge >= 0.3 is 0 Å². The third-order valence-corrected chi connectivity index (χ3v) is 7.53. The summed E-state index contributed by atoms with van der Waals surface area (Å²) in [7, 11) is 0. The average molecular weight is 490 g/mol. The standard InChI is InChI=1S/C27H27N3O4S/c31-24(28-18-20-8-3-1-4-9-20)22-19-34-27(30(22)25(32)21-10-5-2-6-11-21)13-15-29(16-14-27)26(33)23-12-7-17-35-23/h1-12,17,22H,13-16,18-19H2,(H,28,31). The summed E-state index contributed by atoms with van der Waals surface area (Å²) in [6.07, 6.45) is 0.899. The highest BCUT2D eigenvalue weighted by Crippen LogP contribution is 2.39. The van der Waals surface area contributed by atoms with E-state index < -0.39 is 11.8 Å². The lowest BCUT2D eigenvalue weighted by atomic mass is 9.96. The molecule has 5 rings (SSSR count). The van der Waals surface area contributed by atoms with Crippen molar-refractivity contribution in [2.75, 3.05) is 19.7 Å². The van der Waals surface area contributed by atoms with Gasteiger partial charge in [-0.2, -0.15) is 0 Å². The molecule has 2 aliphatic heterocycles. The minimum absolute atomic E-state index is 0.00839. The number of piperidine rings is 1. The molecule has 1 unspecified atom stereocenters. The molecule has 0 radical (unpaired) electrons. The fourth-order valence-corrected chi connectivity index (χ4v) is 5.50. The van der Waals surface area contributed by atoms with Gasteiger partial charge in [0.05, 0.1) is 11.5 Å². The van der Waals surface area contributed by atoms with Crippen LogP contribution in [0, 0.1) is 0 Å². The fourth-order valence-electron chi connectivity index (χ4n) is 4.80.